The van der Waals surface area contributed by atoms with Gasteiger partial charge in [0, 0.05) is 18.7 Å². The summed E-state index contributed by atoms with van der Waals surface area (Å²) in [7, 11) is 0. The van der Waals surface area contributed by atoms with E-state index >= 15 is 0 Å². The van der Waals surface area contributed by atoms with Crippen LogP contribution in [0.25, 0.3) is 17.3 Å². The lowest BCUT2D eigenvalue weighted by Gasteiger charge is -2.28. The maximum absolute atomic E-state index is 14.3. The molecule has 4 rings (SSSR count). The van der Waals surface area contributed by atoms with E-state index in [1.54, 1.807) is 10.6 Å². The van der Waals surface area contributed by atoms with Crippen LogP contribution in [0.5, 0.6) is 0 Å². The first kappa shape index (κ1) is 19.1. The van der Waals surface area contributed by atoms with Crippen molar-refractivity contribution in [1.82, 2.24) is 14.8 Å². The van der Waals surface area contributed by atoms with Crippen molar-refractivity contribution >= 4 is 29.2 Å². The number of hydrogen-bond acceptors (Lipinski definition) is 5. The molecular weight excluding hydrogens is 393 g/mol. The summed E-state index contributed by atoms with van der Waals surface area (Å²) in [6.07, 6.45) is 1.41. The molecule has 8 heteroatoms. The fourth-order valence-corrected chi connectivity index (χ4v) is 3.39. The predicted octanol–water partition coefficient (Wildman–Crippen LogP) is 3.96. The van der Waals surface area contributed by atoms with Gasteiger partial charge in [0.05, 0.1) is 29.5 Å². The first-order valence-electron chi connectivity index (χ1n) is 9.09. The van der Waals surface area contributed by atoms with Gasteiger partial charge in [0.2, 0.25) is 5.95 Å². The van der Waals surface area contributed by atoms with Crippen LogP contribution in [0, 0.1) is 17.1 Å². The highest BCUT2D eigenvalue weighted by Gasteiger charge is 2.23. The topological polar surface area (TPSA) is 67.0 Å². The minimum Gasteiger partial charge on any atom is -0.378 e. The van der Waals surface area contributed by atoms with E-state index in [0.29, 0.717) is 38.1 Å². The van der Waals surface area contributed by atoms with Gasteiger partial charge in [0.1, 0.15) is 11.9 Å². The minimum absolute atomic E-state index is 0.140. The second-order valence-electron chi connectivity index (χ2n) is 6.40. The maximum atomic E-state index is 14.3. The average molecular weight is 410 g/mol. The molecule has 2 heterocycles. The van der Waals surface area contributed by atoms with Crippen LogP contribution >= 0.6 is 11.6 Å². The van der Waals surface area contributed by atoms with E-state index in [1.807, 2.05) is 30.3 Å². The summed E-state index contributed by atoms with van der Waals surface area (Å²) in [5.74, 6) is 0.416. The summed E-state index contributed by atoms with van der Waals surface area (Å²) < 4.78 is 21.5. The molecule has 0 N–H and O–H groups in total. The zero-order valence-corrected chi connectivity index (χ0v) is 16.2. The lowest BCUT2D eigenvalue weighted by atomic mass is 10.1. The number of aromatic nitrogens is 3. The molecule has 3 aromatic rings. The highest BCUT2D eigenvalue weighted by molar-refractivity contribution is 6.32. The average Bonchev–Trinajstić information content (AvgIpc) is 3.20. The number of benzene rings is 2. The van der Waals surface area contributed by atoms with Gasteiger partial charge in [-0.15, -0.1) is 10.2 Å². The van der Waals surface area contributed by atoms with Gasteiger partial charge in [-0.3, -0.25) is 4.57 Å². The van der Waals surface area contributed by atoms with E-state index in [-0.39, 0.29) is 16.2 Å². The first-order chi connectivity index (χ1) is 14.2. The van der Waals surface area contributed by atoms with Gasteiger partial charge in [-0.05, 0) is 30.3 Å². The Bertz CT molecular complexity index is 1060. The highest BCUT2D eigenvalue weighted by atomic mass is 35.5. The molecule has 0 spiro atoms. The van der Waals surface area contributed by atoms with Crippen LogP contribution in [0.15, 0.2) is 48.5 Å². The van der Waals surface area contributed by atoms with Crippen molar-refractivity contribution in [2.75, 3.05) is 31.2 Å². The van der Waals surface area contributed by atoms with Gasteiger partial charge < -0.3 is 9.64 Å². The van der Waals surface area contributed by atoms with Gasteiger partial charge in [-0.2, -0.15) is 5.26 Å². The van der Waals surface area contributed by atoms with Crippen LogP contribution in [0.2, 0.25) is 5.02 Å². The van der Waals surface area contributed by atoms with E-state index in [9.17, 15) is 9.65 Å². The first-order valence-corrected chi connectivity index (χ1v) is 9.46. The second-order valence-corrected chi connectivity index (χ2v) is 6.81. The lowest BCUT2D eigenvalue weighted by molar-refractivity contribution is 0.122. The zero-order valence-electron chi connectivity index (χ0n) is 15.4. The molecule has 1 saturated heterocycles. The number of hydrogen-bond donors (Lipinski definition) is 0. The van der Waals surface area contributed by atoms with Crippen LogP contribution in [-0.4, -0.2) is 41.1 Å². The Balaban J connectivity index is 1.88. The summed E-state index contributed by atoms with van der Waals surface area (Å²) in [5, 5.41) is 18.6. The molecule has 1 aliphatic rings. The van der Waals surface area contributed by atoms with Crippen LogP contribution in [0.3, 0.4) is 0 Å². The van der Waals surface area contributed by atoms with Gasteiger partial charge in [0.15, 0.2) is 5.82 Å². The highest BCUT2D eigenvalue weighted by Crippen LogP contribution is 2.28. The van der Waals surface area contributed by atoms with Crippen molar-refractivity contribution in [2.24, 2.45) is 0 Å². The molecule has 6 nitrogen and oxygen atoms in total. The Kier molecular flexibility index (Phi) is 5.56. The van der Waals surface area contributed by atoms with Crippen molar-refractivity contribution < 1.29 is 9.13 Å². The molecule has 1 fully saturated rings. The molecule has 0 aliphatic carbocycles. The SMILES string of the molecule is N#C/C(=C\c1c(F)cccc1Cl)c1nnc(N2CCOCC2)n1-c1ccccc1. The fourth-order valence-electron chi connectivity index (χ4n) is 3.17. The second kappa shape index (κ2) is 8.43. The summed E-state index contributed by atoms with van der Waals surface area (Å²) in [5.41, 5.74) is 1.10. The minimum atomic E-state index is -0.510. The molecule has 1 aromatic heterocycles. The Labute approximate surface area is 172 Å². The van der Waals surface area contributed by atoms with E-state index in [4.69, 9.17) is 16.3 Å². The van der Waals surface area contributed by atoms with Crippen molar-refractivity contribution in [2.45, 2.75) is 0 Å². The third kappa shape index (κ3) is 3.86. The molecule has 1 aliphatic heterocycles. The number of anilines is 1. The van der Waals surface area contributed by atoms with Gasteiger partial charge in [-0.25, -0.2) is 4.39 Å². The summed E-state index contributed by atoms with van der Waals surface area (Å²) in [4.78, 5) is 2.05. The zero-order chi connectivity index (χ0) is 20.2. The molecule has 0 saturated carbocycles. The third-order valence-electron chi connectivity index (χ3n) is 4.60. The number of halogens is 2. The Hall–Kier alpha value is -3.21. The van der Waals surface area contributed by atoms with Crippen molar-refractivity contribution in [3.05, 3.63) is 70.8 Å². The molecule has 0 atom stereocenters. The number of rotatable bonds is 4. The van der Waals surface area contributed by atoms with Crippen LogP contribution in [0.1, 0.15) is 11.4 Å². The largest absolute Gasteiger partial charge is 0.378 e. The smallest absolute Gasteiger partial charge is 0.232 e. The molecule has 0 amide bonds. The monoisotopic (exact) mass is 409 g/mol. The van der Waals surface area contributed by atoms with Gasteiger partial charge in [0.25, 0.3) is 0 Å². The predicted molar refractivity (Wildman–Crippen MR) is 109 cm³/mol. The molecular formula is C21H17ClFN5O. The van der Waals surface area contributed by atoms with Gasteiger partial charge in [-0.1, -0.05) is 35.9 Å². The Morgan fingerprint density at radius 1 is 1.10 bits per heavy atom. The Morgan fingerprint density at radius 2 is 1.86 bits per heavy atom. The molecule has 2 aromatic carbocycles. The Morgan fingerprint density at radius 3 is 2.55 bits per heavy atom. The number of nitriles is 1. The number of ether oxygens (including phenoxy) is 1. The van der Waals surface area contributed by atoms with Crippen molar-refractivity contribution in [3.63, 3.8) is 0 Å². The fraction of sp³-hybridized carbons (Fsp3) is 0.190. The molecule has 29 heavy (non-hydrogen) atoms. The van der Waals surface area contributed by atoms with Crippen LogP contribution in [0.4, 0.5) is 10.3 Å². The van der Waals surface area contributed by atoms with Crippen molar-refractivity contribution in [1.29, 1.82) is 5.26 Å². The third-order valence-corrected chi connectivity index (χ3v) is 4.93. The lowest BCUT2D eigenvalue weighted by Crippen LogP contribution is -2.38. The normalized spacial score (nSPS) is 14.7. The number of nitrogens with zero attached hydrogens (tertiary/aromatic N) is 5. The number of morpholine rings is 1. The van der Waals surface area contributed by atoms with E-state index < -0.39 is 5.82 Å². The maximum Gasteiger partial charge on any atom is 0.232 e. The number of allylic oxidation sites excluding steroid dienone is 1. The summed E-state index contributed by atoms with van der Waals surface area (Å²) in [6.45, 7) is 2.50. The van der Waals surface area contributed by atoms with E-state index in [1.165, 1.54) is 18.2 Å². The molecule has 146 valence electrons. The van der Waals surface area contributed by atoms with E-state index in [2.05, 4.69) is 21.2 Å². The van der Waals surface area contributed by atoms with Crippen molar-refractivity contribution in [3.8, 4) is 11.8 Å². The molecule has 0 bridgehead atoms. The van der Waals surface area contributed by atoms with Gasteiger partial charge >= 0.3 is 0 Å². The van der Waals surface area contributed by atoms with Crippen LogP contribution < -0.4 is 4.90 Å². The van der Waals surface area contributed by atoms with Crippen LogP contribution in [-0.2, 0) is 4.74 Å². The van der Waals surface area contributed by atoms with E-state index in [0.717, 1.165) is 5.69 Å². The summed E-state index contributed by atoms with van der Waals surface area (Å²) in [6, 6.07) is 16.0. The standard InChI is InChI=1S/C21H17ClFN5O/c22-18-7-4-8-19(23)17(18)13-15(14-24)20-25-26-21(27-9-11-29-12-10-27)28(20)16-5-2-1-3-6-16/h1-8,13H,9-12H2/b15-13+. The molecule has 0 unspecified atom stereocenters. The number of para-hydroxylation sites is 1. The quantitative estimate of drug-likeness (QED) is 0.610. The molecule has 0 radical (unpaired) electrons. The summed E-state index contributed by atoms with van der Waals surface area (Å²) >= 11 is 6.14.